The number of oxazole rings is 1. The quantitative estimate of drug-likeness (QED) is 0.622. The Morgan fingerprint density at radius 2 is 1.76 bits per heavy atom. The number of nitrogens with zero attached hydrogens (tertiary/aromatic N) is 1. The monoisotopic (exact) mass is 416 g/mol. The number of carbonyl (C=O) groups excluding carboxylic acids is 1. The van der Waals surface area contributed by atoms with E-state index in [0.717, 1.165) is 6.26 Å². The van der Waals surface area contributed by atoms with Crippen LogP contribution in [0.1, 0.15) is 24.2 Å². The molecule has 0 atom stereocenters. The van der Waals surface area contributed by atoms with Crippen LogP contribution in [0.15, 0.2) is 64.2 Å². The number of amides is 1. The minimum absolute atomic E-state index is 0.0732. The molecule has 0 radical (unpaired) electrons. The number of anilines is 1. The molecule has 1 N–H and O–H groups in total. The lowest BCUT2D eigenvalue weighted by Gasteiger charge is -2.14. The predicted molar refractivity (Wildman–Crippen MR) is 106 cm³/mol. The van der Waals surface area contributed by atoms with Gasteiger partial charge in [-0.25, -0.2) is 13.4 Å². The first kappa shape index (κ1) is 20.4. The summed E-state index contributed by atoms with van der Waals surface area (Å²) in [6.45, 7) is 3.73. The third kappa shape index (κ3) is 5.58. The van der Waals surface area contributed by atoms with Crippen LogP contribution in [0.4, 0.5) is 6.01 Å². The molecule has 0 aliphatic carbocycles. The van der Waals surface area contributed by atoms with Gasteiger partial charge in [-0.05, 0) is 50.2 Å². The van der Waals surface area contributed by atoms with E-state index in [1.165, 1.54) is 30.7 Å². The van der Waals surface area contributed by atoms with Crippen molar-refractivity contribution in [2.45, 2.75) is 24.8 Å². The number of benzene rings is 2. The minimum Gasteiger partial charge on any atom is -0.491 e. The lowest BCUT2D eigenvalue weighted by Crippen LogP contribution is -2.13. The first-order valence-corrected chi connectivity index (χ1v) is 10.6. The van der Waals surface area contributed by atoms with Crippen molar-refractivity contribution < 1.29 is 27.1 Å². The number of aromatic nitrogens is 1. The second kappa shape index (κ2) is 8.36. The summed E-state index contributed by atoms with van der Waals surface area (Å²) in [4.78, 5) is 16.6. The first-order chi connectivity index (χ1) is 13.7. The van der Waals surface area contributed by atoms with E-state index < -0.39 is 15.7 Å². The number of nitrogens with one attached hydrogen (secondary N) is 1. The van der Waals surface area contributed by atoms with E-state index in [-0.39, 0.29) is 22.6 Å². The largest absolute Gasteiger partial charge is 0.491 e. The standard InChI is InChI=1S/C20H20N2O6S/c1-13(2)27-16-10-14(19(23)22-20-21-8-9-26-20)11-17(12-16)28-15-4-6-18(7-5-15)29(3,24)25/h4-13H,1-3H3,(H,21,22,23). The average Bonchev–Trinajstić information content (AvgIpc) is 3.13. The third-order valence-electron chi connectivity index (χ3n) is 3.65. The highest BCUT2D eigenvalue weighted by Gasteiger charge is 2.14. The van der Waals surface area contributed by atoms with Gasteiger partial charge in [0.05, 0.1) is 17.2 Å². The maximum absolute atomic E-state index is 12.5. The third-order valence-corrected chi connectivity index (χ3v) is 4.78. The van der Waals surface area contributed by atoms with Crippen molar-refractivity contribution in [2.24, 2.45) is 0 Å². The Labute approximate surface area is 168 Å². The summed E-state index contributed by atoms with van der Waals surface area (Å²) < 4.78 is 39.7. The van der Waals surface area contributed by atoms with Crippen LogP contribution in [0.2, 0.25) is 0 Å². The zero-order valence-electron chi connectivity index (χ0n) is 16.1. The van der Waals surface area contributed by atoms with E-state index >= 15 is 0 Å². The number of hydrogen-bond donors (Lipinski definition) is 1. The van der Waals surface area contributed by atoms with Gasteiger partial charge in [0.1, 0.15) is 23.5 Å². The molecule has 8 nitrogen and oxygen atoms in total. The van der Waals surface area contributed by atoms with Crippen molar-refractivity contribution in [2.75, 3.05) is 11.6 Å². The molecule has 0 aliphatic heterocycles. The molecule has 0 saturated carbocycles. The molecule has 152 valence electrons. The number of hydrogen-bond acceptors (Lipinski definition) is 7. The molecular formula is C20H20N2O6S. The van der Waals surface area contributed by atoms with Gasteiger partial charge >= 0.3 is 6.01 Å². The van der Waals surface area contributed by atoms with Gasteiger partial charge in [-0.2, -0.15) is 0 Å². The normalized spacial score (nSPS) is 11.3. The summed E-state index contributed by atoms with van der Waals surface area (Å²) in [5, 5.41) is 2.54. The van der Waals surface area contributed by atoms with Gasteiger partial charge < -0.3 is 13.9 Å². The highest BCUT2D eigenvalue weighted by atomic mass is 32.2. The molecule has 0 aliphatic rings. The summed E-state index contributed by atoms with van der Waals surface area (Å²) in [5.74, 6) is 0.771. The highest BCUT2D eigenvalue weighted by molar-refractivity contribution is 7.90. The lowest BCUT2D eigenvalue weighted by molar-refractivity contribution is 0.102. The SMILES string of the molecule is CC(C)Oc1cc(Oc2ccc(S(C)(=O)=O)cc2)cc(C(=O)Nc2ncco2)c1. The van der Waals surface area contributed by atoms with E-state index in [9.17, 15) is 13.2 Å². The van der Waals surface area contributed by atoms with Crippen LogP contribution in [-0.2, 0) is 9.84 Å². The second-order valence-electron chi connectivity index (χ2n) is 6.50. The summed E-state index contributed by atoms with van der Waals surface area (Å²) in [7, 11) is -3.30. The van der Waals surface area contributed by atoms with Crippen molar-refractivity contribution in [1.29, 1.82) is 0 Å². The van der Waals surface area contributed by atoms with Gasteiger partial charge in [0, 0.05) is 17.9 Å². The van der Waals surface area contributed by atoms with Crippen molar-refractivity contribution >= 4 is 21.8 Å². The van der Waals surface area contributed by atoms with E-state index in [4.69, 9.17) is 13.9 Å². The average molecular weight is 416 g/mol. The maximum atomic E-state index is 12.5. The fourth-order valence-corrected chi connectivity index (χ4v) is 3.08. The maximum Gasteiger partial charge on any atom is 0.301 e. The fourth-order valence-electron chi connectivity index (χ4n) is 2.45. The lowest BCUT2D eigenvalue weighted by atomic mass is 10.2. The molecule has 2 aromatic carbocycles. The van der Waals surface area contributed by atoms with Crippen LogP contribution >= 0.6 is 0 Å². The Hall–Kier alpha value is -3.33. The molecule has 29 heavy (non-hydrogen) atoms. The zero-order chi connectivity index (χ0) is 21.0. The number of rotatable bonds is 7. The molecule has 0 unspecified atom stereocenters. The molecule has 0 saturated heterocycles. The number of ether oxygens (including phenoxy) is 2. The molecule has 9 heteroatoms. The van der Waals surface area contributed by atoms with Crippen LogP contribution in [0.5, 0.6) is 17.2 Å². The topological polar surface area (TPSA) is 108 Å². The van der Waals surface area contributed by atoms with Crippen LogP contribution in [-0.4, -0.2) is 31.7 Å². The smallest absolute Gasteiger partial charge is 0.301 e. The molecule has 0 spiro atoms. The summed E-state index contributed by atoms with van der Waals surface area (Å²) in [5.41, 5.74) is 0.282. The van der Waals surface area contributed by atoms with E-state index in [0.29, 0.717) is 17.2 Å². The van der Waals surface area contributed by atoms with E-state index in [2.05, 4.69) is 10.3 Å². The molecular weight excluding hydrogens is 396 g/mol. The van der Waals surface area contributed by atoms with Crippen LogP contribution in [0, 0.1) is 0 Å². The Morgan fingerprint density at radius 3 is 2.34 bits per heavy atom. The van der Waals surface area contributed by atoms with Crippen molar-refractivity contribution in [3.05, 3.63) is 60.5 Å². The van der Waals surface area contributed by atoms with E-state index in [1.54, 1.807) is 24.3 Å². The van der Waals surface area contributed by atoms with E-state index in [1.807, 2.05) is 13.8 Å². The summed E-state index contributed by atoms with van der Waals surface area (Å²) in [6.07, 6.45) is 3.79. The molecule has 0 bridgehead atoms. The van der Waals surface area contributed by atoms with Crippen LogP contribution in [0.3, 0.4) is 0 Å². The highest BCUT2D eigenvalue weighted by Crippen LogP contribution is 2.29. The fraction of sp³-hybridized carbons (Fsp3) is 0.200. The van der Waals surface area contributed by atoms with Gasteiger partial charge in [0.15, 0.2) is 9.84 Å². The Kier molecular flexibility index (Phi) is 5.88. The molecule has 1 amide bonds. The second-order valence-corrected chi connectivity index (χ2v) is 8.51. The Morgan fingerprint density at radius 1 is 1.07 bits per heavy atom. The van der Waals surface area contributed by atoms with Gasteiger partial charge in [0.25, 0.3) is 5.91 Å². The van der Waals surface area contributed by atoms with Gasteiger partial charge in [0.2, 0.25) is 0 Å². The van der Waals surface area contributed by atoms with Crippen molar-refractivity contribution in [1.82, 2.24) is 4.98 Å². The number of carbonyl (C=O) groups is 1. The van der Waals surface area contributed by atoms with Gasteiger partial charge in [-0.15, -0.1) is 0 Å². The van der Waals surface area contributed by atoms with Gasteiger partial charge in [-0.1, -0.05) is 0 Å². The first-order valence-electron chi connectivity index (χ1n) is 8.71. The number of sulfone groups is 1. The zero-order valence-corrected chi connectivity index (χ0v) is 16.9. The molecule has 1 heterocycles. The molecule has 3 aromatic rings. The predicted octanol–water partition coefficient (Wildman–Crippen LogP) is 3.91. The van der Waals surface area contributed by atoms with Crippen molar-refractivity contribution in [3.8, 4) is 17.2 Å². The van der Waals surface area contributed by atoms with Crippen LogP contribution < -0.4 is 14.8 Å². The molecule has 0 fully saturated rings. The minimum atomic E-state index is -3.30. The summed E-state index contributed by atoms with van der Waals surface area (Å²) >= 11 is 0. The Bertz CT molecular complexity index is 1090. The molecule has 1 aromatic heterocycles. The summed E-state index contributed by atoms with van der Waals surface area (Å²) in [6, 6.07) is 10.8. The van der Waals surface area contributed by atoms with Gasteiger partial charge in [-0.3, -0.25) is 10.1 Å². The molecule has 3 rings (SSSR count). The Balaban J connectivity index is 1.87. The van der Waals surface area contributed by atoms with Crippen LogP contribution in [0.25, 0.3) is 0 Å². The van der Waals surface area contributed by atoms with Crippen molar-refractivity contribution in [3.63, 3.8) is 0 Å².